The van der Waals surface area contributed by atoms with E-state index in [9.17, 15) is 19.4 Å². The van der Waals surface area contributed by atoms with E-state index in [1.807, 2.05) is 58.0 Å². The van der Waals surface area contributed by atoms with Crippen molar-refractivity contribution < 1.29 is 33.6 Å². The molecule has 3 atom stereocenters. The molecule has 1 aliphatic rings. The highest BCUT2D eigenvalue weighted by atomic mass is 31.2. The number of aliphatic hydroxyl groups excluding tert-OH is 1. The predicted octanol–water partition coefficient (Wildman–Crippen LogP) is 5.51. The third-order valence-electron chi connectivity index (χ3n) is 6.66. The Morgan fingerprint density at radius 1 is 1.05 bits per heavy atom. The van der Waals surface area contributed by atoms with Crippen LogP contribution in [0.4, 0.5) is 5.69 Å². The maximum Gasteiger partial charge on any atom is 0.236 e. The van der Waals surface area contributed by atoms with Crippen LogP contribution in [0, 0.1) is 0 Å². The zero-order chi connectivity index (χ0) is 30.0. The molecule has 0 saturated carbocycles. The minimum Gasteiger partial charge on any atom is -0.490 e. The zero-order valence-electron chi connectivity index (χ0n) is 25.1. The fraction of sp³-hybridized carbons (Fsp3) is 0.581. The fourth-order valence-corrected chi connectivity index (χ4v) is 5.76. The van der Waals surface area contributed by atoms with Crippen molar-refractivity contribution in [3.05, 3.63) is 47.5 Å². The Hall–Kier alpha value is -2.58. The number of benzene rings is 2. The standard InChI is InChI=1S/C31H47N2O7P/c1-6-7-8-17-41(36,37)21-39-25-11-9-23(10-12-25)18-22(2)32-19-24(34)20-38-27-14-15-28(40-31(3,4)5)30-26(27)13-16-29(35)33-30/h9-12,14-15,22,24,32,34H,6-8,13,16-21H2,1-5H3,(H,33,35)(H,36,37). The summed E-state index contributed by atoms with van der Waals surface area (Å²) in [6.45, 7) is 10.4. The van der Waals surface area contributed by atoms with Gasteiger partial charge in [0.05, 0.1) is 5.69 Å². The molecule has 2 aromatic carbocycles. The summed E-state index contributed by atoms with van der Waals surface area (Å²) in [5, 5.41) is 16.8. The summed E-state index contributed by atoms with van der Waals surface area (Å²) in [5.74, 6) is 1.77. The van der Waals surface area contributed by atoms with Gasteiger partial charge in [0.1, 0.15) is 35.6 Å². The predicted molar refractivity (Wildman–Crippen MR) is 163 cm³/mol. The van der Waals surface area contributed by atoms with Crippen LogP contribution in [0.2, 0.25) is 0 Å². The van der Waals surface area contributed by atoms with Gasteiger partial charge in [-0.25, -0.2) is 0 Å². The minimum absolute atomic E-state index is 0.0532. The van der Waals surface area contributed by atoms with Crippen LogP contribution in [0.1, 0.15) is 71.4 Å². The minimum atomic E-state index is -3.27. The normalized spacial score (nSPS) is 16.2. The Morgan fingerprint density at radius 2 is 1.76 bits per heavy atom. The molecule has 3 rings (SSSR count). The lowest BCUT2D eigenvalue weighted by molar-refractivity contribution is -0.116. The van der Waals surface area contributed by atoms with E-state index < -0.39 is 19.1 Å². The van der Waals surface area contributed by atoms with Crippen molar-refractivity contribution in [3.63, 3.8) is 0 Å². The van der Waals surface area contributed by atoms with Gasteiger partial charge in [-0.05, 0) is 76.8 Å². The van der Waals surface area contributed by atoms with Crippen LogP contribution < -0.4 is 24.8 Å². The van der Waals surface area contributed by atoms with Crippen LogP contribution in [-0.4, -0.2) is 59.3 Å². The summed E-state index contributed by atoms with van der Waals surface area (Å²) in [6, 6.07) is 11.3. The quantitative estimate of drug-likeness (QED) is 0.149. The third kappa shape index (κ3) is 11.3. The lowest BCUT2D eigenvalue weighted by atomic mass is 10.0. The molecule has 0 aromatic heterocycles. The Labute approximate surface area is 244 Å². The second-order valence-electron chi connectivity index (χ2n) is 11.9. The highest BCUT2D eigenvalue weighted by Gasteiger charge is 2.25. The van der Waals surface area contributed by atoms with Crippen molar-refractivity contribution in [3.8, 4) is 17.2 Å². The fourth-order valence-electron chi connectivity index (χ4n) is 4.56. The molecule has 0 fully saturated rings. The number of nitrogens with one attached hydrogen (secondary N) is 2. The van der Waals surface area contributed by atoms with Gasteiger partial charge in [0.15, 0.2) is 6.35 Å². The SMILES string of the molecule is CCCCCP(=O)(O)COc1ccc(CC(C)NCC(O)COc2ccc(OC(C)(C)C)c3c2CCC(=O)N3)cc1. The first kappa shape index (κ1) is 32.9. The Balaban J connectivity index is 1.44. The number of rotatable bonds is 16. The van der Waals surface area contributed by atoms with E-state index >= 15 is 0 Å². The molecule has 0 spiro atoms. The van der Waals surface area contributed by atoms with Crippen molar-refractivity contribution in [2.24, 2.45) is 0 Å². The molecule has 0 bridgehead atoms. The molecule has 0 aliphatic carbocycles. The van der Waals surface area contributed by atoms with Gasteiger partial charge in [-0.3, -0.25) is 9.36 Å². The smallest absolute Gasteiger partial charge is 0.236 e. The molecule has 0 saturated heterocycles. The van der Waals surface area contributed by atoms with Gasteiger partial charge in [-0.1, -0.05) is 31.9 Å². The van der Waals surface area contributed by atoms with E-state index in [1.165, 1.54) is 0 Å². The average Bonchev–Trinajstić information content (AvgIpc) is 2.90. The number of carbonyl (C=O) groups is 1. The van der Waals surface area contributed by atoms with Gasteiger partial charge in [0.2, 0.25) is 13.3 Å². The van der Waals surface area contributed by atoms with E-state index in [2.05, 4.69) is 17.6 Å². The Morgan fingerprint density at radius 3 is 2.44 bits per heavy atom. The number of fused-ring (bicyclic) bond motifs is 1. The Bertz CT molecular complexity index is 1180. The summed E-state index contributed by atoms with van der Waals surface area (Å²) in [6.07, 6.45) is 3.75. The molecule has 41 heavy (non-hydrogen) atoms. The maximum absolute atomic E-state index is 12.2. The molecule has 0 radical (unpaired) electrons. The molecule has 9 nitrogen and oxygen atoms in total. The van der Waals surface area contributed by atoms with Crippen LogP contribution in [0.3, 0.4) is 0 Å². The zero-order valence-corrected chi connectivity index (χ0v) is 26.0. The first-order valence-corrected chi connectivity index (χ1v) is 16.6. The van der Waals surface area contributed by atoms with E-state index in [4.69, 9.17) is 14.2 Å². The molecular formula is C31H47N2O7P. The van der Waals surface area contributed by atoms with Crippen molar-refractivity contribution >= 4 is 19.0 Å². The summed E-state index contributed by atoms with van der Waals surface area (Å²) < 4.78 is 29.8. The highest BCUT2D eigenvalue weighted by molar-refractivity contribution is 7.57. The molecule has 1 aliphatic heterocycles. The number of hydrogen-bond acceptors (Lipinski definition) is 7. The van der Waals surface area contributed by atoms with Crippen LogP contribution in [0.5, 0.6) is 17.2 Å². The summed E-state index contributed by atoms with van der Waals surface area (Å²) in [7, 11) is -3.27. The molecule has 2 aromatic rings. The van der Waals surface area contributed by atoms with Crippen LogP contribution in [0.15, 0.2) is 36.4 Å². The number of carbonyl (C=O) groups excluding carboxylic acids is 1. The van der Waals surface area contributed by atoms with Crippen molar-refractivity contribution in [1.29, 1.82) is 0 Å². The average molecular weight is 591 g/mol. The topological polar surface area (TPSA) is 126 Å². The third-order valence-corrected chi connectivity index (χ3v) is 8.20. The van der Waals surface area contributed by atoms with E-state index in [-0.39, 0.29) is 31.1 Å². The monoisotopic (exact) mass is 590 g/mol. The summed E-state index contributed by atoms with van der Waals surface area (Å²) in [4.78, 5) is 22.1. The largest absolute Gasteiger partial charge is 0.490 e. The number of amides is 1. The molecule has 228 valence electrons. The number of anilines is 1. The molecule has 10 heteroatoms. The number of hydrogen-bond donors (Lipinski definition) is 4. The maximum atomic E-state index is 12.2. The van der Waals surface area contributed by atoms with Gasteiger partial charge < -0.3 is 34.8 Å². The first-order chi connectivity index (χ1) is 19.3. The lowest BCUT2D eigenvalue weighted by Crippen LogP contribution is -2.37. The molecular weight excluding hydrogens is 543 g/mol. The molecule has 3 unspecified atom stereocenters. The van der Waals surface area contributed by atoms with Gasteiger partial charge in [0.25, 0.3) is 0 Å². The first-order valence-electron chi connectivity index (χ1n) is 14.6. The van der Waals surface area contributed by atoms with Crippen LogP contribution in [0.25, 0.3) is 0 Å². The molecule has 1 amide bonds. The lowest BCUT2D eigenvalue weighted by Gasteiger charge is -2.28. The van der Waals surface area contributed by atoms with Crippen molar-refractivity contribution in [2.75, 3.05) is 31.0 Å². The van der Waals surface area contributed by atoms with Crippen molar-refractivity contribution in [1.82, 2.24) is 5.32 Å². The molecule has 1 heterocycles. The van der Waals surface area contributed by atoms with E-state index in [1.54, 1.807) is 6.07 Å². The second kappa shape index (κ2) is 15.1. The van der Waals surface area contributed by atoms with E-state index in [0.29, 0.717) is 42.3 Å². The van der Waals surface area contributed by atoms with Crippen LogP contribution >= 0.6 is 7.37 Å². The summed E-state index contributed by atoms with van der Waals surface area (Å²) in [5.41, 5.74) is 2.20. The van der Waals surface area contributed by atoms with Crippen molar-refractivity contribution in [2.45, 2.75) is 90.9 Å². The number of ether oxygens (including phenoxy) is 3. The Kier molecular flexibility index (Phi) is 12.1. The number of unbranched alkanes of at least 4 members (excludes halogenated alkanes) is 2. The van der Waals surface area contributed by atoms with E-state index in [0.717, 1.165) is 36.8 Å². The summed E-state index contributed by atoms with van der Waals surface area (Å²) >= 11 is 0. The van der Waals surface area contributed by atoms with Gasteiger partial charge >= 0.3 is 0 Å². The van der Waals surface area contributed by atoms with Gasteiger partial charge in [-0.2, -0.15) is 0 Å². The van der Waals surface area contributed by atoms with Gasteiger partial charge in [-0.15, -0.1) is 0 Å². The van der Waals surface area contributed by atoms with Crippen LogP contribution in [-0.2, 0) is 22.2 Å². The molecule has 4 N–H and O–H groups in total. The second-order valence-corrected chi connectivity index (χ2v) is 14.2. The number of aliphatic hydroxyl groups is 1. The highest BCUT2D eigenvalue weighted by Crippen LogP contribution is 2.42. The van der Waals surface area contributed by atoms with Gasteiger partial charge in [0, 0.05) is 30.7 Å².